The van der Waals surface area contributed by atoms with E-state index in [2.05, 4.69) is 29.9 Å². The van der Waals surface area contributed by atoms with Crippen LogP contribution in [0.4, 0.5) is 4.39 Å². The van der Waals surface area contributed by atoms with Crippen LogP contribution >= 0.6 is 0 Å². The molecular formula is C30H35FN2O4. The van der Waals surface area contributed by atoms with Crippen molar-refractivity contribution in [2.45, 2.75) is 71.3 Å². The average molecular weight is 507 g/mol. The monoisotopic (exact) mass is 506 g/mol. The van der Waals surface area contributed by atoms with Crippen LogP contribution in [-0.2, 0) is 11.4 Å². The van der Waals surface area contributed by atoms with Gasteiger partial charge < -0.3 is 14.6 Å². The Labute approximate surface area is 217 Å². The average Bonchev–Trinajstić information content (AvgIpc) is 3.25. The fourth-order valence-corrected chi connectivity index (χ4v) is 5.50. The lowest BCUT2D eigenvalue weighted by Crippen LogP contribution is -2.17. The number of methoxy groups -OCH3 is 1. The largest absolute Gasteiger partial charge is 0.481 e. The van der Waals surface area contributed by atoms with Crippen molar-refractivity contribution in [2.24, 2.45) is 5.41 Å². The summed E-state index contributed by atoms with van der Waals surface area (Å²) >= 11 is 0. The Bertz CT molecular complexity index is 1260. The van der Waals surface area contributed by atoms with Crippen LogP contribution in [0.5, 0.6) is 11.8 Å². The van der Waals surface area contributed by atoms with E-state index in [9.17, 15) is 14.3 Å². The number of ether oxygens (including phenoxy) is 2. The summed E-state index contributed by atoms with van der Waals surface area (Å²) in [5.41, 5.74) is 4.40. The van der Waals surface area contributed by atoms with Crippen molar-refractivity contribution in [2.75, 3.05) is 7.11 Å². The van der Waals surface area contributed by atoms with Gasteiger partial charge in [0.15, 0.2) is 0 Å². The number of nitrogens with zero attached hydrogens (tertiary/aromatic N) is 2. The minimum Gasteiger partial charge on any atom is -0.481 e. The molecule has 0 unspecified atom stereocenters. The van der Waals surface area contributed by atoms with Crippen LogP contribution in [0.3, 0.4) is 0 Å². The molecule has 0 bridgehead atoms. The zero-order valence-corrected chi connectivity index (χ0v) is 22.0. The number of benzene rings is 1. The first-order valence-corrected chi connectivity index (χ1v) is 12.8. The highest BCUT2D eigenvalue weighted by molar-refractivity contribution is 5.70. The number of carbonyl (C=O) groups is 1. The minimum atomic E-state index is -0.822. The zero-order valence-electron chi connectivity index (χ0n) is 22.0. The van der Waals surface area contributed by atoms with Crippen molar-refractivity contribution in [1.29, 1.82) is 0 Å². The molecule has 196 valence electrons. The number of aromatic nitrogens is 2. The highest BCUT2D eigenvalue weighted by atomic mass is 19.1. The molecule has 2 atom stereocenters. The van der Waals surface area contributed by atoms with E-state index in [1.807, 2.05) is 31.2 Å². The van der Waals surface area contributed by atoms with E-state index in [1.165, 1.54) is 13.3 Å². The number of hydrogen-bond donors (Lipinski definition) is 1. The Morgan fingerprint density at radius 3 is 2.65 bits per heavy atom. The van der Waals surface area contributed by atoms with Gasteiger partial charge in [0.25, 0.3) is 0 Å². The molecule has 4 rings (SSSR count). The number of halogens is 1. The summed E-state index contributed by atoms with van der Waals surface area (Å²) in [5.74, 6) is -0.182. The van der Waals surface area contributed by atoms with E-state index in [-0.39, 0.29) is 29.5 Å². The van der Waals surface area contributed by atoms with E-state index in [4.69, 9.17) is 9.47 Å². The standard InChI is InChI=1S/C30H35FN2O4/c1-5-20(15-29(34)35)21-10-12-32-28(14-21)37-18-19-8-9-22(24-16-27(36-4)33-17-26(24)31)23(13-19)25-7-6-11-30(25,2)3/h8-10,12-14,16-17,20,25H,5-7,11,15,18H2,1-4H3,(H,34,35)/t20-,25+/m1/s1. The molecule has 1 fully saturated rings. The second-order valence-electron chi connectivity index (χ2n) is 10.5. The van der Waals surface area contributed by atoms with Crippen LogP contribution in [0, 0.1) is 11.2 Å². The quantitative estimate of drug-likeness (QED) is 0.315. The van der Waals surface area contributed by atoms with Gasteiger partial charge in [0.05, 0.1) is 19.7 Å². The van der Waals surface area contributed by atoms with Crippen molar-refractivity contribution in [3.8, 4) is 22.9 Å². The Hall–Kier alpha value is -3.48. The van der Waals surface area contributed by atoms with Crippen molar-refractivity contribution in [3.63, 3.8) is 0 Å². The zero-order chi connectivity index (χ0) is 26.6. The van der Waals surface area contributed by atoms with E-state index in [1.54, 1.807) is 12.3 Å². The normalized spacial score (nSPS) is 17.4. The van der Waals surface area contributed by atoms with Gasteiger partial charge in [-0.1, -0.05) is 45.4 Å². The van der Waals surface area contributed by atoms with Gasteiger partial charge in [-0.25, -0.2) is 14.4 Å². The molecule has 6 nitrogen and oxygen atoms in total. The second-order valence-corrected chi connectivity index (χ2v) is 10.5. The summed E-state index contributed by atoms with van der Waals surface area (Å²) in [6.45, 7) is 6.83. The maximum absolute atomic E-state index is 14.9. The fraction of sp³-hybridized carbons (Fsp3) is 0.433. The molecule has 1 aliphatic carbocycles. The molecule has 1 aromatic carbocycles. The third-order valence-corrected chi connectivity index (χ3v) is 7.61. The molecule has 1 N–H and O–H groups in total. The van der Waals surface area contributed by atoms with E-state index in [0.717, 1.165) is 41.5 Å². The number of hydrogen-bond acceptors (Lipinski definition) is 5. The van der Waals surface area contributed by atoms with Crippen LogP contribution in [0.15, 0.2) is 48.8 Å². The maximum Gasteiger partial charge on any atom is 0.303 e. The molecule has 7 heteroatoms. The van der Waals surface area contributed by atoms with Crippen LogP contribution < -0.4 is 9.47 Å². The molecular weight excluding hydrogens is 471 g/mol. The van der Waals surface area contributed by atoms with Crippen LogP contribution in [0.1, 0.15) is 81.4 Å². The molecule has 0 amide bonds. The number of carboxylic acid groups (broad SMARTS) is 1. The van der Waals surface area contributed by atoms with Crippen molar-refractivity contribution < 1.29 is 23.8 Å². The Morgan fingerprint density at radius 1 is 1.16 bits per heavy atom. The molecule has 2 heterocycles. The van der Waals surface area contributed by atoms with E-state index < -0.39 is 5.97 Å². The van der Waals surface area contributed by atoms with E-state index in [0.29, 0.717) is 30.4 Å². The molecule has 0 radical (unpaired) electrons. The summed E-state index contributed by atoms with van der Waals surface area (Å²) in [4.78, 5) is 19.6. The Morgan fingerprint density at radius 2 is 1.97 bits per heavy atom. The lowest BCUT2D eigenvalue weighted by molar-refractivity contribution is -0.137. The summed E-state index contributed by atoms with van der Waals surface area (Å²) in [5, 5.41) is 9.22. The Balaban J connectivity index is 1.64. The number of carboxylic acids is 1. The lowest BCUT2D eigenvalue weighted by atomic mass is 9.75. The summed E-state index contributed by atoms with van der Waals surface area (Å²) in [6.07, 6.45) is 6.94. The van der Waals surface area contributed by atoms with Crippen molar-refractivity contribution >= 4 is 5.97 Å². The summed E-state index contributed by atoms with van der Waals surface area (Å²) in [6, 6.07) is 11.4. The maximum atomic E-state index is 14.9. The van der Waals surface area contributed by atoms with Gasteiger partial charge in [0.1, 0.15) is 12.4 Å². The predicted molar refractivity (Wildman–Crippen MR) is 140 cm³/mol. The van der Waals surface area contributed by atoms with Gasteiger partial charge in [0.2, 0.25) is 11.8 Å². The molecule has 0 saturated heterocycles. The van der Waals surface area contributed by atoms with Gasteiger partial charge in [-0.05, 0) is 64.8 Å². The van der Waals surface area contributed by atoms with Gasteiger partial charge in [-0.2, -0.15) is 0 Å². The number of pyridine rings is 2. The first kappa shape index (κ1) is 26.6. The van der Waals surface area contributed by atoms with Crippen LogP contribution in [0.2, 0.25) is 0 Å². The van der Waals surface area contributed by atoms with Gasteiger partial charge in [0, 0.05) is 23.9 Å². The third-order valence-electron chi connectivity index (χ3n) is 7.61. The topological polar surface area (TPSA) is 81.5 Å². The molecule has 0 aliphatic heterocycles. The van der Waals surface area contributed by atoms with Gasteiger partial charge in [-0.15, -0.1) is 0 Å². The predicted octanol–water partition coefficient (Wildman–Crippen LogP) is 7.13. The van der Waals surface area contributed by atoms with E-state index >= 15 is 0 Å². The van der Waals surface area contributed by atoms with Crippen LogP contribution in [-0.4, -0.2) is 28.2 Å². The first-order chi connectivity index (χ1) is 17.7. The minimum absolute atomic E-state index is 0.0678. The lowest BCUT2D eigenvalue weighted by Gasteiger charge is -2.30. The number of aliphatic carboxylic acids is 1. The Kier molecular flexibility index (Phi) is 8.10. The van der Waals surface area contributed by atoms with Gasteiger partial charge in [-0.3, -0.25) is 4.79 Å². The van der Waals surface area contributed by atoms with Crippen molar-refractivity contribution in [1.82, 2.24) is 9.97 Å². The first-order valence-electron chi connectivity index (χ1n) is 12.8. The van der Waals surface area contributed by atoms with Crippen molar-refractivity contribution in [3.05, 3.63) is 71.3 Å². The molecule has 37 heavy (non-hydrogen) atoms. The SMILES string of the molecule is CC[C@H](CC(=O)O)c1ccnc(OCc2ccc(-c3cc(OC)ncc3F)c([C@@H]3CCCC3(C)C)c2)c1. The summed E-state index contributed by atoms with van der Waals surface area (Å²) < 4.78 is 26.3. The molecule has 1 saturated carbocycles. The second kappa shape index (κ2) is 11.3. The number of rotatable bonds is 10. The highest BCUT2D eigenvalue weighted by Gasteiger charge is 2.37. The highest BCUT2D eigenvalue weighted by Crippen LogP contribution is 2.51. The fourth-order valence-electron chi connectivity index (χ4n) is 5.50. The summed E-state index contributed by atoms with van der Waals surface area (Å²) in [7, 11) is 1.53. The molecule has 1 aliphatic rings. The van der Waals surface area contributed by atoms with Gasteiger partial charge >= 0.3 is 5.97 Å². The third kappa shape index (κ3) is 6.09. The van der Waals surface area contributed by atoms with Crippen LogP contribution in [0.25, 0.3) is 11.1 Å². The molecule has 0 spiro atoms. The molecule has 3 aromatic rings. The smallest absolute Gasteiger partial charge is 0.303 e. The molecule has 2 aromatic heterocycles.